The SMILES string of the molecule is Cc1csc(SC2CCC(NC(=O)c3ncn[nH]3)CC2)n1. The molecule has 0 unspecified atom stereocenters. The number of hydrogen-bond donors (Lipinski definition) is 2. The van der Waals surface area contributed by atoms with Gasteiger partial charge in [-0.1, -0.05) is 11.8 Å². The van der Waals surface area contributed by atoms with Crippen molar-refractivity contribution in [3.63, 3.8) is 0 Å². The molecule has 21 heavy (non-hydrogen) atoms. The van der Waals surface area contributed by atoms with Crippen molar-refractivity contribution in [2.45, 2.75) is 48.2 Å². The van der Waals surface area contributed by atoms with Crippen molar-refractivity contribution in [2.24, 2.45) is 0 Å². The molecule has 0 saturated heterocycles. The average molecular weight is 323 g/mol. The number of nitrogens with one attached hydrogen (secondary N) is 2. The highest BCUT2D eigenvalue weighted by atomic mass is 32.2. The number of H-pyrrole nitrogens is 1. The standard InChI is InChI=1S/C13H17N5OS2/c1-8-6-20-13(16-8)21-10-4-2-9(3-5-10)17-12(19)11-14-7-15-18-11/h6-7,9-10H,2-5H2,1H3,(H,17,19)(H,14,15,18). The predicted octanol–water partition coefficient (Wildman–Crippen LogP) is 2.40. The minimum atomic E-state index is -0.167. The average Bonchev–Trinajstić information content (AvgIpc) is 3.13. The lowest BCUT2D eigenvalue weighted by molar-refractivity contribution is 0.0918. The van der Waals surface area contributed by atoms with Crippen molar-refractivity contribution >= 4 is 29.0 Å². The fraction of sp³-hybridized carbons (Fsp3) is 0.538. The van der Waals surface area contributed by atoms with Crippen LogP contribution in [0.25, 0.3) is 0 Å². The van der Waals surface area contributed by atoms with Gasteiger partial charge < -0.3 is 5.32 Å². The summed E-state index contributed by atoms with van der Waals surface area (Å²) in [5, 5.41) is 12.0. The molecule has 1 amide bonds. The molecule has 0 atom stereocenters. The lowest BCUT2D eigenvalue weighted by atomic mass is 9.95. The monoisotopic (exact) mass is 323 g/mol. The fourth-order valence-corrected chi connectivity index (χ4v) is 4.71. The van der Waals surface area contributed by atoms with Crippen LogP contribution in [0.5, 0.6) is 0 Å². The molecule has 2 heterocycles. The number of hydrogen-bond acceptors (Lipinski definition) is 6. The maximum absolute atomic E-state index is 11.9. The second kappa shape index (κ2) is 6.57. The third kappa shape index (κ3) is 3.82. The first-order valence-corrected chi connectivity index (χ1v) is 8.71. The third-order valence-corrected chi connectivity index (χ3v) is 5.93. The van der Waals surface area contributed by atoms with Crippen molar-refractivity contribution < 1.29 is 4.79 Å². The van der Waals surface area contributed by atoms with Crippen LogP contribution in [0.4, 0.5) is 0 Å². The molecule has 1 aliphatic rings. The molecule has 0 radical (unpaired) electrons. The van der Waals surface area contributed by atoms with Gasteiger partial charge >= 0.3 is 0 Å². The van der Waals surface area contributed by atoms with Crippen LogP contribution in [0.15, 0.2) is 16.0 Å². The van der Waals surface area contributed by atoms with E-state index < -0.39 is 0 Å². The number of thioether (sulfide) groups is 1. The molecular formula is C13H17N5OS2. The summed E-state index contributed by atoms with van der Waals surface area (Å²) in [4.78, 5) is 20.3. The number of aryl methyl sites for hydroxylation is 1. The molecule has 6 nitrogen and oxygen atoms in total. The summed E-state index contributed by atoms with van der Waals surface area (Å²) in [7, 11) is 0. The summed E-state index contributed by atoms with van der Waals surface area (Å²) < 4.78 is 1.15. The normalized spacial score (nSPS) is 22.1. The quantitative estimate of drug-likeness (QED) is 0.902. The molecular weight excluding hydrogens is 306 g/mol. The van der Waals surface area contributed by atoms with E-state index in [1.807, 2.05) is 18.7 Å². The predicted molar refractivity (Wildman–Crippen MR) is 82.6 cm³/mol. The molecule has 8 heteroatoms. The van der Waals surface area contributed by atoms with Crippen molar-refractivity contribution in [3.8, 4) is 0 Å². The van der Waals surface area contributed by atoms with Gasteiger partial charge in [0.1, 0.15) is 10.7 Å². The number of carbonyl (C=O) groups is 1. The minimum Gasteiger partial charge on any atom is -0.347 e. The topological polar surface area (TPSA) is 83.6 Å². The Morgan fingerprint density at radius 3 is 2.86 bits per heavy atom. The summed E-state index contributed by atoms with van der Waals surface area (Å²) in [6, 6.07) is 0.234. The number of thiazole rings is 1. The van der Waals surface area contributed by atoms with Crippen molar-refractivity contribution in [1.29, 1.82) is 0 Å². The van der Waals surface area contributed by atoms with Crippen LogP contribution in [-0.4, -0.2) is 37.4 Å². The van der Waals surface area contributed by atoms with E-state index in [0.29, 0.717) is 5.25 Å². The van der Waals surface area contributed by atoms with Gasteiger partial charge in [-0.2, -0.15) is 5.10 Å². The summed E-state index contributed by atoms with van der Waals surface area (Å²) >= 11 is 3.59. The van der Waals surface area contributed by atoms with Gasteiger partial charge in [0.25, 0.3) is 5.91 Å². The molecule has 0 spiro atoms. The molecule has 0 aromatic carbocycles. The second-order valence-electron chi connectivity index (χ2n) is 5.15. The van der Waals surface area contributed by atoms with Gasteiger partial charge in [0, 0.05) is 22.4 Å². The van der Waals surface area contributed by atoms with Gasteiger partial charge in [0.15, 0.2) is 0 Å². The highest BCUT2D eigenvalue weighted by molar-refractivity contribution is 8.01. The molecule has 0 bridgehead atoms. The molecule has 1 fully saturated rings. The number of carbonyl (C=O) groups excluding carboxylic acids is 1. The van der Waals surface area contributed by atoms with Gasteiger partial charge in [-0.15, -0.1) is 11.3 Å². The maximum atomic E-state index is 11.9. The first-order chi connectivity index (χ1) is 10.2. The van der Waals surface area contributed by atoms with Gasteiger partial charge in [-0.05, 0) is 32.6 Å². The Balaban J connectivity index is 1.45. The Hall–Kier alpha value is -1.41. The van der Waals surface area contributed by atoms with Crippen LogP contribution in [0.3, 0.4) is 0 Å². The van der Waals surface area contributed by atoms with Gasteiger partial charge in [-0.3, -0.25) is 9.89 Å². The number of aromatic nitrogens is 4. The first kappa shape index (κ1) is 14.5. The van der Waals surface area contributed by atoms with E-state index in [4.69, 9.17) is 0 Å². The zero-order valence-corrected chi connectivity index (χ0v) is 13.3. The second-order valence-corrected chi connectivity index (χ2v) is 7.56. The van der Waals surface area contributed by atoms with E-state index in [9.17, 15) is 4.79 Å². The smallest absolute Gasteiger partial charge is 0.288 e. The molecule has 1 saturated carbocycles. The summed E-state index contributed by atoms with van der Waals surface area (Å²) in [6.45, 7) is 2.02. The van der Waals surface area contributed by atoms with Gasteiger partial charge in [0.05, 0.1) is 0 Å². The maximum Gasteiger partial charge on any atom is 0.288 e. The Bertz CT molecular complexity index is 589. The van der Waals surface area contributed by atoms with Crippen LogP contribution in [0.2, 0.25) is 0 Å². The molecule has 0 aliphatic heterocycles. The van der Waals surface area contributed by atoms with E-state index >= 15 is 0 Å². The zero-order valence-electron chi connectivity index (χ0n) is 11.7. The molecule has 2 N–H and O–H groups in total. The van der Waals surface area contributed by atoms with E-state index in [0.717, 1.165) is 35.7 Å². The molecule has 2 aromatic heterocycles. The largest absolute Gasteiger partial charge is 0.347 e. The van der Waals surface area contributed by atoms with Crippen molar-refractivity contribution in [3.05, 3.63) is 23.2 Å². The van der Waals surface area contributed by atoms with Gasteiger partial charge in [-0.25, -0.2) is 9.97 Å². The number of amides is 1. The van der Waals surface area contributed by atoms with Crippen LogP contribution in [0.1, 0.15) is 42.0 Å². The molecule has 3 rings (SSSR count). The summed E-state index contributed by atoms with van der Waals surface area (Å²) in [6.07, 6.45) is 5.55. The van der Waals surface area contributed by atoms with E-state index in [-0.39, 0.29) is 17.8 Å². The minimum absolute atomic E-state index is 0.167. The van der Waals surface area contributed by atoms with E-state index in [1.54, 1.807) is 11.3 Å². The van der Waals surface area contributed by atoms with Crippen LogP contribution >= 0.6 is 23.1 Å². The lowest BCUT2D eigenvalue weighted by Gasteiger charge is -2.27. The van der Waals surface area contributed by atoms with Crippen LogP contribution < -0.4 is 5.32 Å². The Kier molecular flexibility index (Phi) is 4.54. The highest BCUT2D eigenvalue weighted by Crippen LogP contribution is 2.35. The molecule has 112 valence electrons. The Labute approximate surface area is 131 Å². The number of nitrogens with zero attached hydrogens (tertiary/aromatic N) is 3. The third-order valence-electron chi connectivity index (χ3n) is 3.50. The summed E-state index contributed by atoms with van der Waals surface area (Å²) in [5.41, 5.74) is 1.09. The molecule has 1 aliphatic carbocycles. The Morgan fingerprint density at radius 2 is 2.24 bits per heavy atom. The Morgan fingerprint density at radius 1 is 1.43 bits per heavy atom. The van der Waals surface area contributed by atoms with Crippen molar-refractivity contribution in [1.82, 2.24) is 25.5 Å². The van der Waals surface area contributed by atoms with Crippen molar-refractivity contribution in [2.75, 3.05) is 0 Å². The van der Waals surface area contributed by atoms with E-state index in [1.165, 1.54) is 6.33 Å². The molecule has 2 aromatic rings. The zero-order chi connectivity index (χ0) is 14.7. The number of aromatic amines is 1. The van der Waals surface area contributed by atoms with Gasteiger partial charge in [0.2, 0.25) is 5.82 Å². The number of rotatable bonds is 4. The van der Waals surface area contributed by atoms with Crippen LogP contribution in [-0.2, 0) is 0 Å². The first-order valence-electron chi connectivity index (χ1n) is 6.95. The van der Waals surface area contributed by atoms with E-state index in [2.05, 4.69) is 30.9 Å². The highest BCUT2D eigenvalue weighted by Gasteiger charge is 2.24. The van der Waals surface area contributed by atoms with Crippen LogP contribution in [0, 0.1) is 6.92 Å². The summed E-state index contributed by atoms with van der Waals surface area (Å²) in [5.74, 6) is 0.115. The lowest BCUT2D eigenvalue weighted by Crippen LogP contribution is -2.38. The fourth-order valence-electron chi connectivity index (χ4n) is 2.42.